The quantitative estimate of drug-likeness (QED) is 0.877. The Morgan fingerprint density at radius 1 is 0.944 bits per heavy atom. The maximum atomic E-state index is 13.7. The van der Waals surface area contributed by atoms with Gasteiger partial charge in [0.1, 0.15) is 0 Å². The molecular formula is C15H15F2N. The third-order valence-corrected chi connectivity index (χ3v) is 3.20. The highest BCUT2D eigenvalue weighted by atomic mass is 19.2. The first kappa shape index (κ1) is 12.7. The van der Waals surface area contributed by atoms with E-state index in [0.717, 1.165) is 11.6 Å². The lowest BCUT2D eigenvalue weighted by Gasteiger charge is -2.21. The third-order valence-electron chi connectivity index (χ3n) is 3.20. The molecule has 0 aliphatic carbocycles. The minimum atomic E-state index is -0.858. The number of rotatable bonds is 3. The maximum absolute atomic E-state index is 13.7. The monoisotopic (exact) mass is 247 g/mol. The zero-order chi connectivity index (χ0) is 13.1. The summed E-state index contributed by atoms with van der Waals surface area (Å²) in [4.78, 5) is 0. The number of benzene rings is 2. The van der Waals surface area contributed by atoms with Gasteiger partial charge >= 0.3 is 0 Å². The molecular weight excluding hydrogens is 232 g/mol. The second kappa shape index (κ2) is 5.27. The predicted molar refractivity (Wildman–Crippen MR) is 68.1 cm³/mol. The molecule has 0 aromatic heterocycles. The van der Waals surface area contributed by atoms with Crippen LogP contribution >= 0.6 is 0 Å². The first-order valence-electron chi connectivity index (χ1n) is 5.85. The van der Waals surface area contributed by atoms with Gasteiger partial charge in [0, 0.05) is 17.5 Å². The Morgan fingerprint density at radius 3 is 2.28 bits per heavy atom. The summed E-state index contributed by atoms with van der Waals surface area (Å²) in [5, 5.41) is 0. The van der Waals surface area contributed by atoms with Crippen LogP contribution in [0.2, 0.25) is 0 Å². The molecule has 2 aromatic carbocycles. The molecule has 2 atom stereocenters. The molecule has 0 amide bonds. The number of hydrogen-bond acceptors (Lipinski definition) is 1. The van der Waals surface area contributed by atoms with E-state index < -0.39 is 17.7 Å². The van der Waals surface area contributed by atoms with Gasteiger partial charge in [-0.3, -0.25) is 0 Å². The van der Waals surface area contributed by atoms with E-state index in [1.807, 2.05) is 37.3 Å². The Bertz CT molecular complexity index is 525. The summed E-state index contributed by atoms with van der Waals surface area (Å²) in [6.07, 6.45) is 0. The smallest absolute Gasteiger partial charge is 0.163 e. The molecule has 3 heteroatoms. The summed E-state index contributed by atoms with van der Waals surface area (Å²) in [5.41, 5.74) is 7.26. The SMILES string of the molecule is CC(c1ccccc1)C(N)c1cccc(F)c1F. The van der Waals surface area contributed by atoms with Crippen molar-refractivity contribution in [1.82, 2.24) is 0 Å². The van der Waals surface area contributed by atoms with Crippen LogP contribution in [0.1, 0.15) is 30.0 Å². The van der Waals surface area contributed by atoms with Gasteiger partial charge in [0.2, 0.25) is 0 Å². The van der Waals surface area contributed by atoms with Gasteiger partial charge in [0.25, 0.3) is 0 Å². The highest BCUT2D eigenvalue weighted by molar-refractivity contribution is 5.28. The van der Waals surface area contributed by atoms with Gasteiger partial charge in [-0.25, -0.2) is 8.78 Å². The average Bonchev–Trinajstić information content (AvgIpc) is 2.41. The van der Waals surface area contributed by atoms with E-state index in [0.29, 0.717) is 0 Å². The first-order valence-corrected chi connectivity index (χ1v) is 5.85. The van der Waals surface area contributed by atoms with Crippen LogP contribution < -0.4 is 5.73 Å². The van der Waals surface area contributed by atoms with E-state index in [1.54, 1.807) is 0 Å². The number of hydrogen-bond donors (Lipinski definition) is 1. The maximum Gasteiger partial charge on any atom is 0.163 e. The average molecular weight is 247 g/mol. The molecule has 2 N–H and O–H groups in total. The molecule has 0 bridgehead atoms. The molecule has 0 spiro atoms. The second-order valence-electron chi connectivity index (χ2n) is 4.37. The van der Waals surface area contributed by atoms with Gasteiger partial charge in [-0.1, -0.05) is 49.4 Å². The lowest BCUT2D eigenvalue weighted by atomic mass is 9.89. The molecule has 94 valence electrons. The fraction of sp³-hybridized carbons (Fsp3) is 0.200. The minimum Gasteiger partial charge on any atom is -0.323 e. The van der Waals surface area contributed by atoms with E-state index >= 15 is 0 Å². The van der Waals surface area contributed by atoms with Crippen LogP contribution in [-0.2, 0) is 0 Å². The highest BCUT2D eigenvalue weighted by Gasteiger charge is 2.21. The second-order valence-corrected chi connectivity index (χ2v) is 4.37. The summed E-state index contributed by atoms with van der Waals surface area (Å²) in [6, 6.07) is 13.1. The Kier molecular flexibility index (Phi) is 3.72. The Hall–Kier alpha value is -1.74. The molecule has 0 aliphatic rings. The molecule has 0 fully saturated rings. The third kappa shape index (κ3) is 2.41. The Morgan fingerprint density at radius 2 is 1.61 bits per heavy atom. The zero-order valence-electron chi connectivity index (χ0n) is 10.1. The van der Waals surface area contributed by atoms with Crippen molar-refractivity contribution in [3.63, 3.8) is 0 Å². The van der Waals surface area contributed by atoms with Crippen molar-refractivity contribution in [1.29, 1.82) is 0 Å². The van der Waals surface area contributed by atoms with E-state index in [2.05, 4.69) is 0 Å². The summed E-state index contributed by atoms with van der Waals surface area (Å²) in [6.45, 7) is 1.91. The van der Waals surface area contributed by atoms with Crippen LogP contribution in [0.25, 0.3) is 0 Å². The molecule has 0 saturated heterocycles. The topological polar surface area (TPSA) is 26.0 Å². The van der Waals surface area contributed by atoms with Crippen molar-refractivity contribution in [3.05, 3.63) is 71.3 Å². The molecule has 1 nitrogen and oxygen atoms in total. The van der Waals surface area contributed by atoms with Crippen LogP contribution in [0, 0.1) is 11.6 Å². The van der Waals surface area contributed by atoms with Crippen LogP contribution in [-0.4, -0.2) is 0 Å². The fourth-order valence-corrected chi connectivity index (χ4v) is 2.01. The Balaban J connectivity index is 2.31. The van der Waals surface area contributed by atoms with Gasteiger partial charge in [-0.05, 0) is 11.6 Å². The van der Waals surface area contributed by atoms with Gasteiger partial charge in [0.05, 0.1) is 0 Å². The number of halogens is 2. The standard InChI is InChI=1S/C15H15F2N/c1-10(11-6-3-2-4-7-11)15(18)12-8-5-9-13(16)14(12)17/h2-10,15H,18H2,1H3. The Labute approximate surface area is 105 Å². The van der Waals surface area contributed by atoms with Crippen LogP contribution in [0.3, 0.4) is 0 Å². The summed E-state index contributed by atoms with van der Waals surface area (Å²) in [5.74, 6) is -1.79. The molecule has 2 rings (SSSR count). The van der Waals surface area contributed by atoms with Crippen molar-refractivity contribution in [2.24, 2.45) is 5.73 Å². The van der Waals surface area contributed by atoms with Crippen LogP contribution in [0.5, 0.6) is 0 Å². The van der Waals surface area contributed by atoms with E-state index in [9.17, 15) is 8.78 Å². The molecule has 2 aromatic rings. The summed E-state index contributed by atoms with van der Waals surface area (Å²) >= 11 is 0. The van der Waals surface area contributed by atoms with Crippen molar-refractivity contribution in [3.8, 4) is 0 Å². The van der Waals surface area contributed by atoms with Crippen LogP contribution in [0.15, 0.2) is 48.5 Å². The predicted octanol–water partition coefficient (Wildman–Crippen LogP) is 3.77. The first-order chi connectivity index (χ1) is 8.61. The fourth-order valence-electron chi connectivity index (χ4n) is 2.01. The molecule has 0 saturated carbocycles. The van der Waals surface area contributed by atoms with Crippen molar-refractivity contribution in [2.75, 3.05) is 0 Å². The lowest BCUT2D eigenvalue weighted by Crippen LogP contribution is -2.19. The zero-order valence-corrected chi connectivity index (χ0v) is 10.1. The van der Waals surface area contributed by atoms with Gasteiger partial charge in [0.15, 0.2) is 11.6 Å². The van der Waals surface area contributed by atoms with Crippen molar-refractivity contribution < 1.29 is 8.78 Å². The van der Waals surface area contributed by atoms with Gasteiger partial charge < -0.3 is 5.73 Å². The highest BCUT2D eigenvalue weighted by Crippen LogP contribution is 2.30. The minimum absolute atomic E-state index is 0.0810. The van der Waals surface area contributed by atoms with Gasteiger partial charge in [-0.2, -0.15) is 0 Å². The molecule has 2 unspecified atom stereocenters. The van der Waals surface area contributed by atoms with Crippen LogP contribution in [0.4, 0.5) is 8.78 Å². The molecule has 0 radical (unpaired) electrons. The molecule has 0 aliphatic heterocycles. The lowest BCUT2D eigenvalue weighted by molar-refractivity contribution is 0.476. The van der Waals surface area contributed by atoms with Gasteiger partial charge in [-0.15, -0.1) is 0 Å². The van der Waals surface area contributed by atoms with E-state index in [4.69, 9.17) is 5.73 Å². The van der Waals surface area contributed by atoms with E-state index in [1.165, 1.54) is 12.1 Å². The van der Waals surface area contributed by atoms with Crippen molar-refractivity contribution >= 4 is 0 Å². The normalized spacial score (nSPS) is 14.2. The van der Waals surface area contributed by atoms with E-state index in [-0.39, 0.29) is 11.5 Å². The molecule has 18 heavy (non-hydrogen) atoms. The number of nitrogens with two attached hydrogens (primary N) is 1. The summed E-state index contributed by atoms with van der Waals surface area (Å²) < 4.78 is 26.8. The molecule has 0 heterocycles. The summed E-state index contributed by atoms with van der Waals surface area (Å²) in [7, 11) is 0. The largest absolute Gasteiger partial charge is 0.323 e. The van der Waals surface area contributed by atoms with Crippen molar-refractivity contribution in [2.45, 2.75) is 18.9 Å².